The molecule has 0 aromatic carbocycles. The molecular formula is C12H17F2N3O3. The van der Waals surface area contributed by atoms with E-state index in [1.165, 1.54) is 0 Å². The van der Waals surface area contributed by atoms with Crippen LogP contribution in [-0.2, 0) is 9.53 Å². The molecule has 1 fully saturated rings. The largest absolute Gasteiger partial charge is 0.444 e. The average molecular weight is 289 g/mol. The van der Waals surface area contributed by atoms with Crippen molar-refractivity contribution in [1.29, 1.82) is 0 Å². The van der Waals surface area contributed by atoms with Gasteiger partial charge in [-0.1, -0.05) is 0 Å². The van der Waals surface area contributed by atoms with Crippen molar-refractivity contribution in [1.82, 2.24) is 10.2 Å². The van der Waals surface area contributed by atoms with E-state index in [2.05, 4.69) is 10.2 Å². The lowest BCUT2D eigenvalue weighted by Gasteiger charge is -2.20. The first kappa shape index (κ1) is 16.1. The number of hydrogen-bond donors (Lipinski definition) is 1. The topological polar surface area (TPSA) is 63.0 Å². The summed E-state index contributed by atoms with van der Waals surface area (Å²) in [4.78, 5) is 26.9. The molecule has 1 heterocycles. The van der Waals surface area contributed by atoms with E-state index in [0.29, 0.717) is 0 Å². The standard InChI is InChI=1S/C12H17F2N3O3/c1-11(2,3)20-10(19)16-6-9(18)17-7-12(13,14)5-8(17)15-4/h8H,5-7H2,1-3H3,(H,16,19)/t8-/m0/s1. The van der Waals surface area contributed by atoms with Crippen LogP contribution in [0.15, 0.2) is 0 Å². The summed E-state index contributed by atoms with van der Waals surface area (Å²) in [6.07, 6.45) is -2.66. The van der Waals surface area contributed by atoms with Gasteiger partial charge in [0.05, 0.1) is 6.54 Å². The molecule has 20 heavy (non-hydrogen) atoms. The second kappa shape index (κ2) is 5.61. The van der Waals surface area contributed by atoms with Gasteiger partial charge >= 0.3 is 12.3 Å². The zero-order valence-corrected chi connectivity index (χ0v) is 11.6. The molecule has 0 unspecified atom stereocenters. The third-order valence-electron chi connectivity index (χ3n) is 2.49. The van der Waals surface area contributed by atoms with Crippen molar-refractivity contribution >= 4 is 12.0 Å². The highest BCUT2D eigenvalue weighted by Gasteiger charge is 2.50. The Morgan fingerprint density at radius 3 is 2.60 bits per heavy atom. The number of rotatable bonds is 2. The Kier molecular flexibility index (Phi) is 4.53. The van der Waals surface area contributed by atoms with Gasteiger partial charge in [-0.2, -0.15) is 0 Å². The van der Waals surface area contributed by atoms with Crippen molar-refractivity contribution in [3.05, 3.63) is 11.4 Å². The van der Waals surface area contributed by atoms with Gasteiger partial charge in [0, 0.05) is 0 Å². The van der Waals surface area contributed by atoms with Crippen LogP contribution in [0.4, 0.5) is 13.6 Å². The summed E-state index contributed by atoms with van der Waals surface area (Å²) in [6.45, 7) is 10.5. The Morgan fingerprint density at radius 1 is 1.50 bits per heavy atom. The summed E-state index contributed by atoms with van der Waals surface area (Å²) in [5.74, 6) is -3.79. The number of hydrogen-bond acceptors (Lipinski definition) is 3. The molecule has 0 bridgehead atoms. The van der Waals surface area contributed by atoms with E-state index in [9.17, 15) is 18.4 Å². The van der Waals surface area contributed by atoms with Crippen LogP contribution in [0.1, 0.15) is 27.2 Å². The highest BCUT2D eigenvalue weighted by atomic mass is 19.3. The van der Waals surface area contributed by atoms with E-state index in [1.807, 2.05) is 0 Å². The van der Waals surface area contributed by atoms with Crippen molar-refractivity contribution in [2.24, 2.45) is 0 Å². The monoisotopic (exact) mass is 289 g/mol. The number of alkyl carbamates (subject to hydrolysis) is 1. The van der Waals surface area contributed by atoms with Crippen molar-refractivity contribution < 1.29 is 23.1 Å². The highest BCUT2D eigenvalue weighted by molar-refractivity contribution is 5.83. The van der Waals surface area contributed by atoms with Crippen LogP contribution in [0.25, 0.3) is 4.85 Å². The molecule has 0 aliphatic carbocycles. The van der Waals surface area contributed by atoms with Gasteiger partial charge in [-0.25, -0.2) is 20.1 Å². The molecule has 2 amide bonds. The molecule has 1 aliphatic heterocycles. The highest BCUT2D eigenvalue weighted by Crippen LogP contribution is 2.32. The van der Waals surface area contributed by atoms with Crippen LogP contribution < -0.4 is 5.32 Å². The number of nitrogens with zero attached hydrogens (tertiary/aromatic N) is 2. The van der Waals surface area contributed by atoms with Gasteiger partial charge in [0.1, 0.15) is 18.6 Å². The molecule has 8 heteroatoms. The van der Waals surface area contributed by atoms with Crippen LogP contribution in [0, 0.1) is 6.57 Å². The summed E-state index contributed by atoms with van der Waals surface area (Å²) in [6, 6.07) is 0. The van der Waals surface area contributed by atoms with Gasteiger partial charge in [0.2, 0.25) is 5.91 Å². The molecule has 0 aromatic heterocycles. The van der Waals surface area contributed by atoms with Crippen molar-refractivity contribution in [3.8, 4) is 0 Å². The number of halogens is 2. The van der Waals surface area contributed by atoms with Crippen molar-refractivity contribution in [2.75, 3.05) is 13.1 Å². The van der Waals surface area contributed by atoms with E-state index < -0.39 is 49.2 Å². The molecule has 1 atom stereocenters. The summed E-state index contributed by atoms with van der Waals surface area (Å²) in [7, 11) is 0. The Labute approximate surface area is 115 Å². The van der Waals surface area contributed by atoms with E-state index in [-0.39, 0.29) is 0 Å². The molecule has 1 aliphatic rings. The molecule has 1 saturated heterocycles. The number of ether oxygens (including phenoxy) is 1. The summed E-state index contributed by atoms with van der Waals surface area (Å²) in [5.41, 5.74) is -0.715. The average Bonchev–Trinajstić information content (AvgIpc) is 2.59. The molecule has 0 aromatic rings. The van der Waals surface area contributed by atoms with Crippen LogP contribution >= 0.6 is 0 Å². The first-order chi connectivity index (χ1) is 9.04. The van der Waals surface area contributed by atoms with Crippen LogP contribution in [-0.4, -0.2) is 47.7 Å². The summed E-state index contributed by atoms with van der Waals surface area (Å²) >= 11 is 0. The zero-order valence-electron chi connectivity index (χ0n) is 11.6. The number of likely N-dealkylation sites (tertiary alicyclic amines) is 1. The Morgan fingerprint density at radius 2 is 2.10 bits per heavy atom. The minimum atomic E-state index is -3.06. The maximum Gasteiger partial charge on any atom is 0.408 e. The molecule has 0 spiro atoms. The van der Waals surface area contributed by atoms with Crippen molar-refractivity contribution in [3.63, 3.8) is 0 Å². The van der Waals surface area contributed by atoms with Crippen molar-refractivity contribution in [2.45, 2.75) is 44.9 Å². The maximum atomic E-state index is 13.2. The Bertz CT molecular complexity index is 440. The zero-order chi connectivity index (χ0) is 15.6. The fourth-order valence-corrected chi connectivity index (χ4v) is 1.73. The van der Waals surface area contributed by atoms with E-state index in [4.69, 9.17) is 11.3 Å². The molecule has 112 valence electrons. The fourth-order valence-electron chi connectivity index (χ4n) is 1.73. The molecule has 1 rings (SSSR count). The second-order valence-electron chi connectivity index (χ2n) is 5.55. The van der Waals surface area contributed by atoms with Gasteiger partial charge in [-0.3, -0.25) is 14.5 Å². The van der Waals surface area contributed by atoms with Gasteiger partial charge < -0.3 is 10.1 Å². The smallest absolute Gasteiger partial charge is 0.408 e. The van der Waals surface area contributed by atoms with E-state index in [0.717, 1.165) is 4.90 Å². The lowest BCUT2D eigenvalue weighted by atomic mass is 10.2. The number of carbonyl (C=O) groups excluding carboxylic acids is 2. The molecule has 0 saturated carbocycles. The van der Waals surface area contributed by atoms with E-state index >= 15 is 0 Å². The van der Waals surface area contributed by atoms with Gasteiger partial charge in [-0.15, -0.1) is 0 Å². The van der Waals surface area contributed by atoms with Crippen LogP contribution in [0.2, 0.25) is 0 Å². The minimum absolute atomic E-state index is 0.475. The van der Waals surface area contributed by atoms with Gasteiger partial charge in [0.25, 0.3) is 5.92 Å². The number of carbonyl (C=O) groups is 2. The first-order valence-corrected chi connectivity index (χ1v) is 6.05. The quantitative estimate of drug-likeness (QED) is 0.786. The lowest BCUT2D eigenvalue weighted by Crippen LogP contribution is -2.43. The van der Waals surface area contributed by atoms with E-state index in [1.54, 1.807) is 20.8 Å². The van der Waals surface area contributed by atoms with Gasteiger partial charge in [-0.05, 0) is 20.8 Å². The predicted octanol–water partition coefficient (Wildman–Crippen LogP) is 1.62. The summed E-state index contributed by atoms with van der Waals surface area (Å²) in [5, 5.41) is 2.19. The van der Waals surface area contributed by atoms with Gasteiger partial charge in [0.15, 0.2) is 0 Å². The Hall–Kier alpha value is -1.91. The maximum absolute atomic E-state index is 13.2. The normalized spacial score (nSPS) is 21.2. The molecule has 0 radical (unpaired) electrons. The minimum Gasteiger partial charge on any atom is -0.444 e. The third-order valence-corrected chi connectivity index (χ3v) is 2.49. The third kappa shape index (κ3) is 4.64. The second-order valence-corrected chi connectivity index (χ2v) is 5.55. The summed E-state index contributed by atoms with van der Waals surface area (Å²) < 4.78 is 31.2. The fraction of sp³-hybridized carbons (Fsp3) is 0.750. The van der Waals surface area contributed by atoms with Crippen LogP contribution in [0.3, 0.4) is 0 Å². The Balaban J connectivity index is 2.51. The molecule has 6 nitrogen and oxygen atoms in total. The number of nitrogens with one attached hydrogen (secondary N) is 1. The predicted molar refractivity (Wildman–Crippen MR) is 65.9 cm³/mol. The number of amides is 2. The molecule has 1 N–H and O–H groups in total. The first-order valence-electron chi connectivity index (χ1n) is 6.05. The lowest BCUT2D eigenvalue weighted by molar-refractivity contribution is -0.131. The molecular weight excluding hydrogens is 272 g/mol. The SMILES string of the molecule is [C-]#[N+][C@@H]1CC(F)(F)CN1C(=O)CNC(=O)OC(C)(C)C. The number of alkyl halides is 2. The van der Waals surface area contributed by atoms with Crippen LogP contribution in [0.5, 0.6) is 0 Å².